The molecule has 2 rings (SSSR count). The SMILES string of the molecule is C=CCN(C1CC1)S(=O)(=O)c1c(C)csc1C(=O)O. The minimum absolute atomic E-state index is 0.0241. The zero-order chi connectivity index (χ0) is 14.2. The van der Waals surface area contributed by atoms with E-state index in [2.05, 4.69) is 6.58 Å². The van der Waals surface area contributed by atoms with Crippen LogP contribution in [0.25, 0.3) is 0 Å². The summed E-state index contributed by atoms with van der Waals surface area (Å²) in [7, 11) is -3.77. The molecule has 0 atom stereocenters. The number of aryl methyl sites for hydroxylation is 1. The Labute approximate surface area is 116 Å². The van der Waals surface area contributed by atoms with Gasteiger partial charge >= 0.3 is 5.97 Å². The fourth-order valence-corrected chi connectivity index (χ4v) is 5.20. The van der Waals surface area contributed by atoms with Crippen molar-refractivity contribution in [3.63, 3.8) is 0 Å². The van der Waals surface area contributed by atoms with Crippen molar-refractivity contribution >= 4 is 27.3 Å². The van der Waals surface area contributed by atoms with E-state index < -0.39 is 16.0 Å². The Morgan fingerprint density at radius 2 is 2.26 bits per heavy atom. The highest BCUT2D eigenvalue weighted by Crippen LogP contribution is 2.36. The molecule has 1 aromatic rings. The van der Waals surface area contributed by atoms with Crippen LogP contribution in [0, 0.1) is 6.92 Å². The number of carboxylic acid groups (broad SMARTS) is 1. The van der Waals surface area contributed by atoms with Crippen molar-refractivity contribution in [2.75, 3.05) is 6.54 Å². The van der Waals surface area contributed by atoms with Crippen LogP contribution in [-0.2, 0) is 10.0 Å². The van der Waals surface area contributed by atoms with Gasteiger partial charge in [0, 0.05) is 12.6 Å². The number of nitrogens with zero attached hydrogens (tertiary/aromatic N) is 1. The van der Waals surface area contributed by atoms with Crippen LogP contribution in [-0.4, -0.2) is 36.4 Å². The maximum atomic E-state index is 12.6. The van der Waals surface area contributed by atoms with E-state index in [4.69, 9.17) is 5.11 Å². The summed E-state index contributed by atoms with van der Waals surface area (Å²) < 4.78 is 26.6. The Bertz CT molecular complexity index is 614. The average Bonchev–Trinajstić information content (AvgIpc) is 3.07. The van der Waals surface area contributed by atoms with Crippen LogP contribution < -0.4 is 0 Å². The summed E-state index contributed by atoms with van der Waals surface area (Å²) in [6.45, 7) is 5.40. The van der Waals surface area contributed by atoms with Crippen molar-refractivity contribution in [3.05, 3.63) is 28.5 Å². The van der Waals surface area contributed by atoms with E-state index in [-0.39, 0.29) is 22.4 Å². The molecule has 0 amide bonds. The number of rotatable bonds is 6. The lowest BCUT2D eigenvalue weighted by Crippen LogP contribution is -2.34. The first-order chi connectivity index (χ1) is 8.89. The second kappa shape index (κ2) is 5.07. The number of hydrogen-bond acceptors (Lipinski definition) is 4. The molecule has 1 saturated carbocycles. The predicted octanol–water partition coefficient (Wildman–Crippen LogP) is 2.09. The fraction of sp³-hybridized carbons (Fsp3) is 0.417. The second-order valence-corrected chi connectivity index (χ2v) is 7.18. The van der Waals surface area contributed by atoms with Crippen LogP contribution in [0.4, 0.5) is 0 Å². The smallest absolute Gasteiger partial charge is 0.347 e. The molecular weight excluding hydrogens is 286 g/mol. The number of carbonyl (C=O) groups is 1. The van der Waals surface area contributed by atoms with Crippen LogP contribution >= 0.6 is 11.3 Å². The van der Waals surface area contributed by atoms with Gasteiger partial charge in [0.1, 0.15) is 9.77 Å². The number of hydrogen-bond donors (Lipinski definition) is 1. The average molecular weight is 301 g/mol. The Morgan fingerprint density at radius 3 is 2.74 bits per heavy atom. The van der Waals surface area contributed by atoms with Crippen LogP contribution in [0.2, 0.25) is 0 Å². The minimum Gasteiger partial charge on any atom is -0.477 e. The zero-order valence-corrected chi connectivity index (χ0v) is 12.1. The van der Waals surface area contributed by atoms with Gasteiger partial charge in [0.25, 0.3) is 0 Å². The van der Waals surface area contributed by atoms with Gasteiger partial charge in [0.05, 0.1) is 0 Å². The third-order valence-electron chi connectivity index (χ3n) is 2.94. The molecule has 1 aliphatic rings. The first kappa shape index (κ1) is 14.2. The van der Waals surface area contributed by atoms with Gasteiger partial charge in [-0.2, -0.15) is 4.31 Å². The van der Waals surface area contributed by atoms with Crippen LogP contribution in [0.1, 0.15) is 28.1 Å². The van der Waals surface area contributed by atoms with Crippen molar-refractivity contribution in [3.8, 4) is 0 Å². The third-order valence-corrected chi connectivity index (χ3v) is 6.26. The van der Waals surface area contributed by atoms with Gasteiger partial charge in [-0.15, -0.1) is 17.9 Å². The molecule has 0 spiro atoms. The first-order valence-corrected chi connectivity index (χ1v) is 8.15. The molecule has 1 fully saturated rings. The molecule has 0 unspecified atom stereocenters. The van der Waals surface area contributed by atoms with Gasteiger partial charge in [-0.25, -0.2) is 13.2 Å². The molecule has 104 valence electrons. The molecule has 0 aromatic carbocycles. The molecule has 1 heterocycles. The Morgan fingerprint density at radius 1 is 1.63 bits per heavy atom. The van der Waals surface area contributed by atoms with E-state index in [1.54, 1.807) is 12.3 Å². The van der Waals surface area contributed by atoms with Crippen LogP contribution in [0.15, 0.2) is 22.9 Å². The highest BCUT2D eigenvalue weighted by atomic mass is 32.2. The number of aromatic carboxylic acids is 1. The lowest BCUT2D eigenvalue weighted by molar-refractivity contribution is 0.0698. The van der Waals surface area contributed by atoms with Crippen LogP contribution in [0.5, 0.6) is 0 Å². The van der Waals surface area contributed by atoms with Crippen molar-refractivity contribution in [1.82, 2.24) is 4.31 Å². The maximum Gasteiger partial charge on any atom is 0.347 e. The molecule has 1 aliphatic carbocycles. The summed E-state index contributed by atoms with van der Waals surface area (Å²) in [5.41, 5.74) is 0.483. The molecule has 0 aliphatic heterocycles. The summed E-state index contributed by atoms with van der Waals surface area (Å²) >= 11 is 0.948. The minimum atomic E-state index is -3.77. The molecule has 5 nitrogen and oxygen atoms in total. The molecular formula is C12H15NO4S2. The van der Waals surface area contributed by atoms with E-state index in [1.165, 1.54) is 10.4 Å². The lowest BCUT2D eigenvalue weighted by atomic mass is 10.3. The monoisotopic (exact) mass is 301 g/mol. The van der Waals surface area contributed by atoms with Gasteiger partial charge in [-0.3, -0.25) is 0 Å². The van der Waals surface area contributed by atoms with Gasteiger partial charge in [0.15, 0.2) is 0 Å². The normalized spacial score (nSPS) is 15.7. The second-order valence-electron chi connectivity index (χ2n) is 4.48. The fourth-order valence-electron chi connectivity index (χ4n) is 1.95. The van der Waals surface area contributed by atoms with E-state index in [1.807, 2.05) is 0 Å². The largest absolute Gasteiger partial charge is 0.477 e. The summed E-state index contributed by atoms with van der Waals surface area (Å²) in [4.78, 5) is 11.0. The molecule has 0 bridgehead atoms. The standard InChI is InChI=1S/C12H15NO4S2/c1-3-6-13(9-4-5-9)19(16,17)11-8(2)7-18-10(11)12(14)15/h3,7,9H,1,4-6H2,2H3,(H,14,15). The van der Waals surface area contributed by atoms with Crippen molar-refractivity contribution < 1.29 is 18.3 Å². The number of carboxylic acids is 1. The van der Waals surface area contributed by atoms with Crippen LogP contribution in [0.3, 0.4) is 0 Å². The van der Waals surface area contributed by atoms with Crippen molar-refractivity contribution in [1.29, 1.82) is 0 Å². The first-order valence-electron chi connectivity index (χ1n) is 5.83. The Kier molecular flexibility index (Phi) is 3.80. The predicted molar refractivity (Wildman–Crippen MR) is 73.1 cm³/mol. The summed E-state index contributed by atoms with van der Waals surface area (Å²) in [6, 6.07) is -0.0241. The maximum absolute atomic E-state index is 12.6. The molecule has 1 aromatic heterocycles. The highest BCUT2D eigenvalue weighted by molar-refractivity contribution is 7.89. The summed E-state index contributed by atoms with van der Waals surface area (Å²) in [5.74, 6) is -1.20. The van der Waals surface area contributed by atoms with E-state index in [0.29, 0.717) is 5.56 Å². The van der Waals surface area contributed by atoms with E-state index >= 15 is 0 Å². The number of thiophene rings is 1. The van der Waals surface area contributed by atoms with Gasteiger partial charge in [-0.1, -0.05) is 6.08 Å². The van der Waals surface area contributed by atoms with E-state index in [0.717, 1.165) is 24.2 Å². The number of sulfonamides is 1. The van der Waals surface area contributed by atoms with E-state index in [9.17, 15) is 13.2 Å². The Hall–Kier alpha value is -1.18. The molecule has 19 heavy (non-hydrogen) atoms. The quantitative estimate of drug-likeness (QED) is 0.816. The highest BCUT2D eigenvalue weighted by Gasteiger charge is 2.40. The van der Waals surface area contributed by atoms with Gasteiger partial charge in [-0.05, 0) is 30.7 Å². The Balaban J connectivity index is 2.51. The van der Waals surface area contributed by atoms with Gasteiger partial charge in [0.2, 0.25) is 10.0 Å². The molecule has 0 radical (unpaired) electrons. The zero-order valence-electron chi connectivity index (χ0n) is 10.5. The van der Waals surface area contributed by atoms with Crippen molar-refractivity contribution in [2.45, 2.75) is 30.7 Å². The molecule has 0 saturated heterocycles. The third kappa shape index (κ3) is 2.58. The topological polar surface area (TPSA) is 74.7 Å². The summed E-state index contributed by atoms with van der Waals surface area (Å²) in [6.07, 6.45) is 3.16. The molecule has 7 heteroatoms. The molecule has 1 N–H and O–H groups in total. The van der Waals surface area contributed by atoms with Gasteiger partial charge < -0.3 is 5.11 Å². The lowest BCUT2D eigenvalue weighted by Gasteiger charge is -2.20. The summed E-state index contributed by atoms with van der Waals surface area (Å²) in [5, 5.41) is 10.7. The van der Waals surface area contributed by atoms with Crippen molar-refractivity contribution in [2.24, 2.45) is 0 Å².